The van der Waals surface area contributed by atoms with Crippen molar-refractivity contribution in [2.24, 2.45) is 0 Å². The molecule has 100 valence electrons. The number of aryl methyl sites for hydroxylation is 1. The van der Waals surface area contributed by atoms with Gasteiger partial charge in [0.1, 0.15) is 0 Å². The molecule has 0 amide bonds. The molecule has 0 spiro atoms. The molecule has 3 heteroatoms. The summed E-state index contributed by atoms with van der Waals surface area (Å²) in [6, 6.07) is 7.26. The second-order valence-electron chi connectivity index (χ2n) is 5.51. The van der Waals surface area contributed by atoms with Crippen LogP contribution in [0.2, 0.25) is 0 Å². The highest BCUT2D eigenvalue weighted by molar-refractivity contribution is 6.17. The van der Waals surface area contributed by atoms with Crippen molar-refractivity contribution in [2.45, 2.75) is 31.7 Å². The summed E-state index contributed by atoms with van der Waals surface area (Å²) in [5.41, 5.74) is 3.94. The summed E-state index contributed by atoms with van der Waals surface area (Å²) in [4.78, 5) is 4.85. The van der Waals surface area contributed by atoms with Crippen LogP contribution in [-0.2, 0) is 5.88 Å². The van der Waals surface area contributed by atoms with Crippen LogP contribution in [0, 0.1) is 6.92 Å². The van der Waals surface area contributed by atoms with E-state index < -0.39 is 0 Å². The summed E-state index contributed by atoms with van der Waals surface area (Å²) >= 11 is 5.89. The number of nitrogens with zero attached hydrogens (tertiary/aromatic N) is 2. The van der Waals surface area contributed by atoms with Crippen LogP contribution in [0.3, 0.4) is 0 Å². The molecule has 0 saturated carbocycles. The smallest absolute Gasteiger partial charge is 0.0474 e. The Balaban J connectivity index is 2.19. The van der Waals surface area contributed by atoms with E-state index in [0.717, 1.165) is 6.54 Å². The maximum Gasteiger partial charge on any atom is 0.0474 e. The van der Waals surface area contributed by atoms with Crippen LogP contribution in [0.4, 0.5) is 5.69 Å². The number of alkyl halides is 1. The Morgan fingerprint density at radius 3 is 2.78 bits per heavy atom. The third-order valence-electron chi connectivity index (χ3n) is 3.68. The standard InChI is InChI=1S/C15H23ClN2/c1-12-9-13(10-16)6-7-15(12)18-8-4-5-14(18)11-17(2)3/h6-7,9,14H,4-5,8,10-11H2,1-3H3. The molecule has 1 saturated heterocycles. The second kappa shape index (κ2) is 5.94. The summed E-state index contributed by atoms with van der Waals surface area (Å²) in [6.45, 7) is 4.51. The maximum atomic E-state index is 5.89. The zero-order valence-electron chi connectivity index (χ0n) is 11.6. The summed E-state index contributed by atoms with van der Waals surface area (Å²) in [5, 5.41) is 0. The topological polar surface area (TPSA) is 6.48 Å². The molecule has 2 nitrogen and oxygen atoms in total. The number of likely N-dealkylation sites (N-methyl/N-ethyl adjacent to an activating group) is 1. The molecule has 0 radical (unpaired) electrons. The van der Waals surface area contributed by atoms with Crippen LogP contribution < -0.4 is 4.90 Å². The third kappa shape index (κ3) is 2.99. The predicted octanol–water partition coefficient (Wildman–Crippen LogP) is 3.26. The zero-order valence-corrected chi connectivity index (χ0v) is 12.4. The van der Waals surface area contributed by atoms with Crippen molar-refractivity contribution in [3.8, 4) is 0 Å². The molecule has 1 aromatic carbocycles. The molecular formula is C15H23ClN2. The lowest BCUT2D eigenvalue weighted by atomic mass is 10.1. The minimum atomic E-state index is 0.599. The Morgan fingerprint density at radius 2 is 2.17 bits per heavy atom. The van der Waals surface area contributed by atoms with Gasteiger partial charge in [0.25, 0.3) is 0 Å². The van der Waals surface area contributed by atoms with Gasteiger partial charge in [0, 0.05) is 30.7 Å². The van der Waals surface area contributed by atoms with E-state index in [-0.39, 0.29) is 0 Å². The molecule has 1 atom stereocenters. The normalized spacial score (nSPS) is 19.8. The molecule has 2 rings (SSSR count). The van der Waals surface area contributed by atoms with E-state index in [1.165, 1.54) is 36.2 Å². The fraction of sp³-hybridized carbons (Fsp3) is 0.600. The highest BCUT2D eigenvalue weighted by Crippen LogP contribution is 2.29. The minimum Gasteiger partial charge on any atom is -0.367 e. The summed E-state index contributed by atoms with van der Waals surface area (Å²) in [6.07, 6.45) is 2.60. The van der Waals surface area contributed by atoms with Gasteiger partial charge in [-0.3, -0.25) is 0 Å². The van der Waals surface area contributed by atoms with E-state index in [1.807, 2.05) is 0 Å². The van der Waals surface area contributed by atoms with Gasteiger partial charge >= 0.3 is 0 Å². The van der Waals surface area contributed by atoms with Gasteiger partial charge in [-0.2, -0.15) is 0 Å². The molecular weight excluding hydrogens is 244 g/mol. The SMILES string of the molecule is Cc1cc(CCl)ccc1N1CCCC1CN(C)C. The lowest BCUT2D eigenvalue weighted by molar-refractivity contribution is 0.372. The van der Waals surface area contributed by atoms with Crippen molar-refractivity contribution in [3.05, 3.63) is 29.3 Å². The van der Waals surface area contributed by atoms with E-state index in [1.54, 1.807) is 0 Å². The molecule has 0 aromatic heterocycles. The molecule has 0 bridgehead atoms. The zero-order chi connectivity index (χ0) is 13.1. The molecule has 1 unspecified atom stereocenters. The van der Waals surface area contributed by atoms with Crippen LogP contribution in [-0.4, -0.2) is 38.1 Å². The highest BCUT2D eigenvalue weighted by atomic mass is 35.5. The van der Waals surface area contributed by atoms with Crippen LogP contribution in [0.15, 0.2) is 18.2 Å². The van der Waals surface area contributed by atoms with Gasteiger partial charge in [0.15, 0.2) is 0 Å². The Labute approximate surface area is 116 Å². The van der Waals surface area contributed by atoms with Gasteiger partial charge < -0.3 is 9.80 Å². The number of rotatable bonds is 4. The molecule has 1 aliphatic rings. The Hall–Kier alpha value is -0.730. The van der Waals surface area contributed by atoms with Gasteiger partial charge in [0.2, 0.25) is 0 Å². The van der Waals surface area contributed by atoms with Crippen LogP contribution in [0.5, 0.6) is 0 Å². The summed E-state index contributed by atoms with van der Waals surface area (Å²) in [7, 11) is 4.31. The van der Waals surface area contributed by atoms with E-state index in [4.69, 9.17) is 11.6 Å². The lowest BCUT2D eigenvalue weighted by Crippen LogP contribution is -2.37. The Morgan fingerprint density at radius 1 is 1.39 bits per heavy atom. The first-order chi connectivity index (χ1) is 8.61. The Bertz CT molecular complexity index is 403. The van der Waals surface area contributed by atoms with E-state index in [2.05, 4.69) is 49.0 Å². The van der Waals surface area contributed by atoms with Gasteiger partial charge in [-0.1, -0.05) is 12.1 Å². The van der Waals surface area contributed by atoms with Crippen LogP contribution >= 0.6 is 11.6 Å². The fourth-order valence-electron chi connectivity index (χ4n) is 2.89. The van der Waals surface area contributed by atoms with Crippen molar-refractivity contribution in [1.29, 1.82) is 0 Å². The predicted molar refractivity (Wildman–Crippen MR) is 79.7 cm³/mol. The highest BCUT2D eigenvalue weighted by Gasteiger charge is 2.25. The molecule has 1 aromatic rings. The maximum absolute atomic E-state index is 5.89. The fourth-order valence-corrected chi connectivity index (χ4v) is 3.05. The van der Waals surface area contributed by atoms with Gasteiger partial charge in [0.05, 0.1) is 0 Å². The van der Waals surface area contributed by atoms with Crippen LogP contribution in [0.25, 0.3) is 0 Å². The molecule has 1 fully saturated rings. The molecule has 0 N–H and O–H groups in total. The van der Waals surface area contributed by atoms with Crippen molar-refractivity contribution >= 4 is 17.3 Å². The Kier molecular flexibility index (Phi) is 4.52. The molecule has 0 aliphatic carbocycles. The summed E-state index contributed by atoms with van der Waals surface area (Å²) in [5.74, 6) is 0.599. The lowest BCUT2D eigenvalue weighted by Gasteiger charge is -2.30. The van der Waals surface area contributed by atoms with Gasteiger partial charge in [-0.05, 0) is 51.1 Å². The first-order valence-corrected chi connectivity index (χ1v) is 7.22. The van der Waals surface area contributed by atoms with Crippen molar-refractivity contribution in [2.75, 3.05) is 32.1 Å². The quantitative estimate of drug-likeness (QED) is 0.772. The minimum absolute atomic E-state index is 0.599. The number of hydrogen-bond acceptors (Lipinski definition) is 2. The van der Waals surface area contributed by atoms with Crippen molar-refractivity contribution in [3.63, 3.8) is 0 Å². The number of hydrogen-bond donors (Lipinski definition) is 0. The van der Waals surface area contributed by atoms with E-state index in [9.17, 15) is 0 Å². The van der Waals surface area contributed by atoms with E-state index >= 15 is 0 Å². The first-order valence-electron chi connectivity index (χ1n) is 6.68. The average molecular weight is 267 g/mol. The monoisotopic (exact) mass is 266 g/mol. The first kappa shape index (κ1) is 13.7. The van der Waals surface area contributed by atoms with Gasteiger partial charge in [-0.15, -0.1) is 11.6 Å². The van der Waals surface area contributed by atoms with Crippen LogP contribution in [0.1, 0.15) is 24.0 Å². The largest absolute Gasteiger partial charge is 0.367 e. The van der Waals surface area contributed by atoms with E-state index in [0.29, 0.717) is 11.9 Å². The molecule has 1 heterocycles. The molecule has 18 heavy (non-hydrogen) atoms. The number of benzene rings is 1. The average Bonchev–Trinajstić information content (AvgIpc) is 2.76. The van der Waals surface area contributed by atoms with Gasteiger partial charge in [-0.25, -0.2) is 0 Å². The third-order valence-corrected chi connectivity index (χ3v) is 3.99. The summed E-state index contributed by atoms with van der Waals surface area (Å²) < 4.78 is 0. The van der Waals surface area contributed by atoms with Crippen molar-refractivity contribution in [1.82, 2.24) is 4.90 Å². The second-order valence-corrected chi connectivity index (χ2v) is 5.77. The number of anilines is 1. The van der Waals surface area contributed by atoms with Crippen molar-refractivity contribution < 1.29 is 0 Å². The number of halogens is 1. The molecule has 1 aliphatic heterocycles.